The lowest BCUT2D eigenvalue weighted by Gasteiger charge is -2.52. The molecule has 116 valence electrons. The van der Waals surface area contributed by atoms with Crippen molar-refractivity contribution in [1.29, 1.82) is 0 Å². The highest BCUT2D eigenvalue weighted by Gasteiger charge is 2.60. The van der Waals surface area contributed by atoms with Crippen LogP contribution >= 0.6 is 0 Å². The molecule has 1 spiro atoms. The van der Waals surface area contributed by atoms with E-state index in [2.05, 4.69) is 27.7 Å². The summed E-state index contributed by atoms with van der Waals surface area (Å²) in [6.07, 6.45) is 7.99. The van der Waals surface area contributed by atoms with Crippen molar-refractivity contribution in [3.05, 3.63) is 5.92 Å². The van der Waals surface area contributed by atoms with Crippen LogP contribution < -0.4 is 4.90 Å². The molecule has 3 heteroatoms. The monoisotopic (exact) mass is 281 g/mol. The maximum Gasteiger partial charge on any atom is 0.520 e. The Morgan fingerprint density at radius 1 is 1.35 bits per heavy atom. The van der Waals surface area contributed by atoms with Gasteiger partial charge in [0, 0.05) is 12.8 Å². The lowest BCUT2D eigenvalue weighted by Crippen LogP contribution is -3.30. The molecule has 3 nitrogen and oxygen atoms in total. The van der Waals surface area contributed by atoms with Crippen LogP contribution in [0.4, 0.5) is 4.79 Å². The minimum Gasteiger partial charge on any atom is -0.364 e. The van der Waals surface area contributed by atoms with Gasteiger partial charge < -0.3 is 4.74 Å². The Morgan fingerprint density at radius 3 is 2.65 bits per heavy atom. The Labute approximate surface area is 124 Å². The summed E-state index contributed by atoms with van der Waals surface area (Å²) in [7, 11) is 0. The minimum absolute atomic E-state index is 0.0193. The van der Waals surface area contributed by atoms with E-state index in [1.807, 2.05) is 0 Å². The Bertz CT molecular complexity index is 344. The summed E-state index contributed by atoms with van der Waals surface area (Å²) >= 11 is 0. The van der Waals surface area contributed by atoms with Crippen molar-refractivity contribution in [3.63, 3.8) is 0 Å². The first-order valence-electron chi connectivity index (χ1n) is 8.45. The van der Waals surface area contributed by atoms with E-state index in [4.69, 9.17) is 4.74 Å². The van der Waals surface area contributed by atoms with Crippen LogP contribution in [0.2, 0.25) is 0 Å². The highest BCUT2D eigenvalue weighted by Crippen LogP contribution is 2.38. The fourth-order valence-corrected chi connectivity index (χ4v) is 3.68. The van der Waals surface area contributed by atoms with E-state index < -0.39 is 0 Å². The topological polar surface area (TPSA) is 30.7 Å². The molecule has 2 fully saturated rings. The van der Waals surface area contributed by atoms with Gasteiger partial charge in [0.1, 0.15) is 0 Å². The van der Waals surface area contributed by atoms with Crippen molar-refractivity contribution in [2.24, 2.45) is 11.8 Å². The Morgan fingerprint density at radius 2 is 2.10 bits per heavy atom. The number of rotatable bonds is 6. The number of hydrogen-bond acceptors (Lipinski definition) is 2. The molecular weight excluding hydrogens is 250 g/mol. The molecule has 2 aliphatic rings. The number of unbranched alkanes of at least 4 members (excludes halogenated alkanes) is 1. The average molecular weight is 281 g/mol. The number of alkyl carbamates (subject to hydrolysis) is 1. The van der Waals surface area contributed by atoms with E-state index in [0.717, 1.165) is 36.6 Å². The van der Waals surface area contributed by atoms with Crippen LogP contribution in [0.15, 0.2) is 0 Å². The minimum atomic E-state index is -0.185. The van der Waals surface area contributed by atoms with Crippen LogP contribution in [0.25, 0.3) is 0 Å². The van der Waals surface area contributed by atoms with E-state index >= 15 is 0 Å². The van der Waals surface area contributed by atoms with Gasteiger partial charge in [0.2, 0.25) is 0 Å². The summed E-state index contributed by atoms with van der Waals surface area (Å²) in [4.78, 5) is 13.0. The SMILES string of the molecule is CCCC[C-](CC)C[NH+]1C(=O)OC12CCC(C)C(C)C2. The molecule has 2 rings (SSSR count). The lowest BCUT2D eigenvalue weighted by molar-refractivity contribution is -0.963. The zero-order chi connectivity index (χ0) is 14.8. The molecule has 1 saturated heterocycles. The van der Waals surface area contributed by atoms with Crippen molar-refractivity contribution in [1.82, 2.24) is 0 Å². The Balaban J connectivity index is 1.97. The van der Waals surface area contributed by atoms with Crippen LogP contribution in [-0.2, 0) is 4.74 Å². The van der Waals surface area contributed by atoms with Crippen LogP contribution in [-0.4, -0.2) is 18.4 Å². The maximum absolute atomic E-state index is 11.9. The summed E-state index contributed by atoms with van der Waals surface area (Å²) in [6.45, 7) is 9.97. The molecule has 1 saturated carbocycles. The zero-order valence-corrected chi connectivity index (χ0v) is 13.6. The first-order valence-corrected chi connectivity index (χ1v) is 8.45. The number of nitrogens with one attached hydrogen (secondary N) is 1. The highest BCUT2D eigenvalue weighted by molar-refractivity contribution is 5.62. The van der Waals surface area contributed by atoms with Crippen molar-refractivity contribution in [2.45, 2.75) is 78.4 Å². The summed E-state index contributed by atoms with van der Waals surface area (Å²) in [5.41, 5.74) is -0.185. The molecule has 4 atom stereocenters. The summed E-state index contributed by atoms with van der Waals surface area (Å²) in [5.74, 6) is 2.95. The molecule has 0 aromatic carbocycles. The van der Waals surface area contributed by atoms with E-state index in [1.165, 1.54) is 31.6 Å². The second kappa shape index (κ2) is 6.46. The van der Waals surface area contributed by atoms with Crippen molar-refractivity contribution >= 4 is 6.09 Å². The van der Waals surface area contributed by atoms with Gasteiger partial charge in [0.25, 0.3) is 5.72 Å². The number of carbonyl (C=O) groups excluding carboxylic acids is 1. The second-order valence-electron chi connectivity index (χ2n) is 6.94. The molecule has 0 aromatic rings. The van der Waals surface area contributed by atoms with Crippen molar-refractivity contribution in [2.75, 3.05) is 6.54 Å². The second-order valence-corrected chi connectivity index (χ2v) is 6.94. The normalized spacial score (nSPS) is 37.0. The molecule has 20 heavy (non-hydrogen) atoms. The third-order valence-corrected chi connectivity index (χ3v) is 5.52. The first-order chi connectivity index (χ1) is 9.52. The van der Waals surface area contributed by atoms with Gasteiger partial charge in [0.05, 0.1) is 0 Å². The standard InChI is InChI=1S/C17H30NO2/c1-5-7-8-15(6-2)12-18-16(19)20-17(18)10-9-13(3)14(4)11-17/h13-14H,5-12H2,1-4H3/q-1/p+1. The predicted octanol–water partition coefficient (Wildman–Crippen LogP) is 3.35. The maximum atomic E-state index is 11.9. The molecule has 1 aliphatic heterocycles. The Kier molecular flexibility index (Phi) is 5.11. The molecule has 1 amide bonds. The molecule has 0 bridgehead atoms. The van der Waals surface area contributed by atoms with Crippen LogP contribution in [0.5, 0.6) is 0 Å². The van der Waals surface area contributed by atoms with Crippen LogP contribution in [0, 0.1) is 17.8 Å². The zero-order valence-electron chi connectivity index (χ0n) is 13.6. The van der Waals surface area contributed by atoms with Crippen LogP contribution in [0.1, 0.15) is 72.6 Å². The van der Waals surface area contributed by atoms with Gasteiger partial charge in [-0.15, -0.1) is 0 Å². The van der Waals surface area contributed by atoms with E-state index in [1.54, 1.807) is 0 Å². The van der Waals surface area contributed by atoms with Crippen LogP contribution in [0.3, 0.4) is 0 Å². The molecule has 0 radical (unpaired) electrons. The fourth-order valence-electron chi connectivity index (χ4n) is 3.68. The molecule has 0 aromatic heterocycles. The number of carbonyl (C=O) groups is 1. The van der Waals surface area contributed by atoms with Gasteiger partial charge in [-0.2, -0.15) is 17.6 Å². The summed E-state index contributed by atoms with van der Waals surface area (Å²) < 4.78 is 5.66. The molecular formula is C17H31NO2. The van der Waals surface area contributed by atoms with Gasteiger partial charge in [-0.05, 0) is 24.8 Å². The van der Waals surface area contributed by atoms with Crippen molar-refractivity contribution < 1.29 is 14.4 Å². The molecule has 1 aliphatic carbocycles. The van der Waals surface area contributed by atoms with E-state index in [0.29, 0.717) is 5.92 Å². The lowest BCUT2D eigenvalue weighted by atomic mass is 9.75. The van der Waals surface area contributed by atoms with Gasteiger partial charge in [-0.1, -0.05) is 40.5 Å². The number of ether oxygens (including phenoxy) is 1. The number of amides is 1. The fraction of sp³-hybridized carbons (Fsp3) is 0.882. The smallest absolute Gasteiger partial charge is 0.364 e. The molecule has 1 heterocycles. The molecule has 1 N–H and O–H groups in total. The average Bonchev–Trinajstić information content (AvgIpc) is 2.43. The van der Waals surface area contributed by atoms with Crippen molar-refractivity contribution in [3.8, 4) is 0 Å². The van der Waals surface area contributed by atoms with Gasteiger partial charge in [-0.25, -0.2) is 4.90 Å². The first kappa shape index (κ1) is 15.8. The largest absolute Gasteiger partial charge is 0.520 e. The molecule has 4 unspecified atom stereocenters. The van der Waals surface area contributed by atoms with Gasteiger partial charge in [-0.3, -0.25) is 5.92 Å². The van der Waals surface area contributed by atoms with E-state index in [-0.39, 0.29) is 11.8 Å². The summed E-state index contributed by atoms with van der Waals surface area (Å²) in [5, 5.41) is 0. The third-order valence-electron chi connectivity index (χ3n) is 5.52. The van der Waals surface area contributed by atoms with Gasteiger partial charge in [0.15, 0.2) is 0 Å². The summed E-state index contributed by atoms with van der Waals surface area (Å²) in [6, 6.07) is 0. The number of quaternary nitrogens is 1. The number of hydrogen-bond donors (Lipinski definition) is 1. The third kappa shape index (κ3) is 3.03. The predicted molar refractivity (Wildman–Crippen MR) is 80.3 cm³/mol. The van der Waals surface area contributed by atoms with Gasteiger partial charge >= 0.3 is 6.09 Å². The quantitative estimate of drug-likeness (QED) is 0.757. The highest BCUT2D eigenvalue weighted by atomic mass is 16.6. The Hall–Kier alpha value is -0.570. The van der Waals surface area contributed by atoms with E-state index in [9.17, 15) is 4.79 Å².